The number of fused-ring (bicyclic) bond motifs is 1. The lowest BCUT2D eigenvalue weighted by Crippen LogP contribution is -2.31. The minimum absolute atomic E-state index is 0.0338. The number of H-pyrrole nitrogens is 1. The summed E-state index contributed by atoms with van der Waals surface area (Å²) < 4.78 is 1.86. The lowest BCUT2D eigenvalue weighted by Gasteiger charge is -2.26. The molecule has 1 saturated carbocycles. The SMILES string of the molecule is NC1CCC(n2c(=O)[nH]c3cnccc32)CC1. The number of hydrogen-bond acceptors (Lipinski definition) is 3. The zero-order valence-electron chi connectivity index (χ0n) is 9.60. The minimum Gasteiger partial charge on any atom is -0.328 e. The summed E-state index contributed by atoms with van der Waals surface area (Å²) in [6, 6.07) is 2.47. The van der Waals surface area contributed by atoms with Gasteiger partial charge in [-0.25, -0.2) is 4.79 Å². The van der Waals surface area contributed by atoms with Gasteiger partial charge in [0.15, 0.2) is 0 Å². The fourth-order valence-corrected chi connectivity index (χ4v) is 2.70. The van der Waals surface area contributed by atoms with Crippen molar-refractivity contribution < 1.29 is 0 Å². The number of nitrogens with one attached hydrogen (secondary N) is 1. The summed E-state index contributed by atoms with van der Waals surface area (Å²) >= 11 is 0. The van der Waals surface area contributed by atoms with Crippen molar-refractivity contribution in [1.82, 2.24) is 14.5 Å². The zero-order chi connectivity index (χ0) is 11.8. The first kappa shape index (κ1) is 10.5. The molecule has 0 spiro atoms. The molecule has 3 N–H and O–H groups in total. The average molecular weight is 232 g/mol. The van der Waals surface area contributed by atoms with Crippen molar-refractivity contribution >= 4 is 11.0 Å². The molecule has 0 radical (unpaired) electrons. The monoisotopic (exact) mass is 232 g/mol. The summed E-state index contributed by atoms with van der Waals surface area (Å²) in [5, 5.41) is 0. The highest BCUT2D eigenvalue weighted by atomic mass is 16.1. The first-order valence-corrected chi connectivity index (χ1v) is 6.05. The molecule has 1 fully saturated rings. The van der Waals surface area contributed by atoms with Crippen molar-refractivity contribution in [2.75, 3.05) is 0 Å². The second kappa shape index (κ2) is 4.00. The number of nitrogens with two attached hydrogens (primary N) is 1. The van der Waals surface area contributed by atoms with Gasteiger partial charge in [0.05, 0.1) is 17.2 Å². The molecular formula is C12H16N4O. The fraction of sp³-hybridized carbons (Fsp3) is 0.500. The van der Waals surface area contributed by atoms with Gasteiger partial charge in [-0.1, -0.05) is 0 Å². The molecule has 0 saturated heterocycles. The lowest BCUT2D eigenvalue weighted by molar-refractivity contribution is 0.324. The standard InChI is InChI=1S/C12H16N4O/c13-8-1-3-9(4-2-8)16-11-5-6-14-7-10(11)15-12(16)17/h5-9H,1-4,13H2,(H,15,17). The fourth-order valence-electron chi connectivity index (χ4n) is 2.70. The Labute approximate surface area is 98.7 Å². The molecule has 2 aromatic heterocycles. The molecule has 0 atom stereocenters. The molecule has 1 aliphatic rings. The topological polar surface area (TPSA) is 76.7 Å². The summed E-state index contributed by atoms with van der Waals surface area (Å²) in [5.74, 6) is 0. The van der Waals surface area contributed by atoms with Crippen LogP contribution in [0, 0.1) is 0 Å². The molecule has 17 heavy (non-hydrogen) atoms. The van der Waals surface area contributed by atoms with Crippen LogP contribution in [0.3, 0.4) is 0 Å². The van der Waals surface area contributed by atoms with Crippen molar-refractivity contribution in [2.45, 2.75) is 37.8 Å². The van der Waals surface area contributed by atoms with E-state index in [0.717, 1.165) is 36.7 Å². The zero-order valence-corrected chi connectivity index (χ0v) is 9.60. The highest BCUT2D eigenvalue weighted by molar-refractivity contribution is 5.73. The number of pyridine rings is 1. The Kier molecular flexibility index (Phi) is 2.48. The van der Waals surface area contributed by atoms with Gasteiger partial charge < -0.3 is 10.7 Å². The summed E-state index contributed by atoms with van der Waals surface area (Å²) in [5.41, 5.74) is 7.62. The number of aromatic nitrogens is 3. The van der Waals surface area contributed by atoms with Crippen molar-refractivity contribution in [3.63, 3.8) is 0 Å². The Morgan fingerprint density at radius 2 is 2.12 bits per heavy atom. The molecule has 2 heterocycles. The summed E-state index contributed by atoms with van der Waals surface area (Å²) in [4.78, 5) is 18.8. The maximum Gasteiger partial charge on any atom is 0.326 e. The third-order valence-corrected chi connectivity index (χ3v) is 3.62. The second-order valence-corrected chi connectivity index (χ2v) is 4.76. The van der Waals surface area contributed by atoms with E-state index in [1.54, 1.807) is 12.4 Å². The first-order valence-electron chi connectivity index (χ1n) is 6.05. The van der Waals surface area contributed by atoms with Gasteiger partial charge in [-0.15, -0.1) is 0 Å². The van der Waals surface area contributed by atoms with Crippen LogP contribution < -0.4 is 11.4 Å². The normalized spacial score (nSPS) is 25.2. The number of aromatic amines is 1. The lowest BCUT2D eigenvalue weighted by atomic mass is 9.91. The van der Waals surface area contributed by atoms with Crippen molar-refractivity contribution in [3.05, 3.63) is 28.9 Å². The van der Waals surface area contributed by atoms with Gasteiger partial charge in [0.1, 0.15) is 0 Å². The Hall–Kier alpha value is -1.62. The quantitative estimate of drug-likeness (QED) is 0.774. The number of imidazole rings is 1. The smallest absolute Gasteiger partial charge is 0.326 e. The van der Waals surface area contributed by atoms with Crippen LogP contribution in [0.5, 0.6) is 0 Å². The van der Waals surface area contributed by atoms with Crippen LogP contribution >= 0.6 is 0 Å². The molecule has 1 aliphatic carbocycles. The van der Waals surface area contributed by atoms with Crippen LogP contribution in [0.1, 0.15) is 31.7 Å². The van der Waals surface area contributed by atoms with E-state index >= 15 is 0 Å². The molecule has 0 bridgehead atoms. The molecule has 0 aliphatic heterocycles. The third kappa shape index (κ3) is 1.76. The van der Waals surface area contributed by atoms with Crippen LogP contribution in [-0.4, -0.2) is 20.6 Å². The number of rotatable bonds is 1. The van der Waals surface area contributed by atoms with E-state index in [2.05, 4.69) is 9.97 Å². The maximum atomic E-state index is 12.0. The van der Waals surface area contributed by atoms with E-state index in [1.165, 1.54) is 0 Å². The van der Waals surface area contributed by atoms with E-state index in [-0.39, 0.29) is 11.7 Å². The average Bonchev–Trinajstić information content (AvgIpc) is 2.66. The molecule has 5 heteroatoms. The van der Waals surface area contributed by atoms with E-state index in [9.17, 15) is 4.79 Å². The van der Waals surface area contributed by atoms with Crippen molar-refractivity contribution in [1.29, 1.82) is 0 Å². The van der Waals surface area contributed by atoms with Crippen molar-refractivity contribution in [3.8, 4) is 0 Å². The summed E-state index contributed by atoms with van der Waals surface area (Å²) in [6.45, 7) is 0. The molecule has 90 valence electrons. The predicted molar refractivity (Wildman–Crippen MR) is 65.8 cm³/mol. The number of nitrogens with zero attached hydrogens (tertiary/aromatic N) is 2. The summed E-state index contributed by atoms with van der Waals surface area (Å²) in [7, 11) is 0. The minimum atomic E-state index is -0.0338. The molecular weight excluding hydrogens is 216 g/mol. The molecule has 0 unspecified atom stereocenters. The highest BCUT2D eigenvalue weighted by Crippen LogP contribution is 2.28. The van der Waals surface area contributed by atoms with Crippen molar-refractivity contribution in [2.24, 2.45) is 5.73 Å². The molecule has 0 amide bonds. The molecule has 0 aromatic carbocycles. The first-order chi connectivity index (χ1) is 8.25. The van der Waals surface area contributed by atoms with Gasteiger partial charge in [0.25, 0.3) is 0 Å². The van der Waals surface area contributed by atoms with Gasteiger partial charge >= 0.3 is 5.69 Å². The largest absolute Gasteiger partial charge is 0.328 e. The van der Waals surface area contributed by atoms with Crippen LogP contribution in [0.2, 0.25) is 0 Å². The molecule has 3 rings (SSSR count). The Morgan fingerprint density at radius 1 is 1.35 bits per heavy atom. The van der Waals surface area contributed by atoms with Crippen LogP contribution in [0.25, 0.3) is 11.0 Å². The van der Waals surface area contributed by atoms with E-state index in [0.29, 0.717) is 6.04 Å². The van der Waals surface area contributed by atoms with Gasteiger partial charge in [-0.2, -0.15) is 0 Å². The predicted octanol–water partition coefficient (Wildman–Crippen LogP) is 1.17. The van der Waals surface area contributed by atoms with Crippen LogP contribution in [0.15, 0.2) is 23.3 Å². The third-order valence-electron chi connectivity index (χ3n) is 3.62. The number of hydrogen-bond donors (Lipinski definition) is 2. The summed E-state index contributed by atoms with van der Waals surface area (Å²) in [6.07, 6.45) is 7.37. The molecule has 2 aromatic rings. The van der Waals surface area contributed by atoms with Gasteiger partial charge in [-0.05, 0) is 31.7 Å². The van der Waals surface area contributed by atoms with Gasteiger partial charge in [-0.3, -0.25) is 9.55 Å². The van der Waals surface area contributed by atoms with Crippen LogP contribution in [0.4, 0.5) is 0 Å². The maximum absolute atomic E-state index is 12.0. The van der Waals surface area contributed by atoms with E-state index in [1.807, 2.05) is 10.6 Å². The van der Waals surface area contributed by atoms with E-state index < -0.39 is 0 Å². The second-order valence-electron chi connectivity index (χ2n) is 4.76. The molecule has 5 nitrogen and oxygen atoms in total. The Bertz CT molecular complexity index is 577. The van der Waals surface area contributed by atoms with E-state index in [4.69, 9.17) is 5.73 Å². The Balaban J connectivity index is 2.05. The Morgan fingerprint density at radius 3 is 2.88 bits per heavy atom. The van der Waals surface area contributed by atoms with Gasteiger partial charge in [0, 0.05) is 18.3 Å². The highest BCUT2D eigenvalue weighted by Gasteiger charge is 2.22. The van der Waals surface area contributed by atoms with Gasteiger partial charge in [0.2, 0.25) is 0 Å². The van der Waals surface area contributed by atoms with Crippen LogP contribution in [-0.2, 0) is 0 Å².